The molecule has 1 aliphatic heterocycles. The summed E-state index contributed by atoms with van der Waals surface area (Å²) in [6, 6.07) is 0.325. The molecular weight excluding hydrogens is 241 g/mol. The van der Waals surface area contributed by atoms with E-state index >= 15 is 0 Å². The highest BCUT2D eigenvalue weighted by atomic mass is 127. The Bertz CT molecular complexity index is 108. The third-order valence-corrected chi connectivity index (χ3v) is 3.04. The minimum atomic E-state index is 0.318. The van der Waals surface area contributed by atoms with Crippen molar-refractivity contribution in [2.75, 3.05) is 0 Å². The summed E-state index contributed by atoms with van der Waals surface area (Å²) in [7, 11) is 0. The average Bonchev–Trinajstić information content (AvgIpc) is 1.82. The molecule has 1 saturated heterocycles. The van der Waals surface area contributed by atoms with E-state index in [2.05, 4.69) is 36.4 Å². The monoisotopic (exact) mass is 255 g/mol. The van der Waals surface area contributed by atoms with E-state index in [0.29, 0.717) is 22.2 Å². The number of nitrogens with two attached hydrogens (primary N) is 1. The fourth-order valence-corrected chi connectivity index (χ4v) is 2.24. The minimum Gasteiger partial charge on any atom is -0.365 e. The van der Waals surface area contributed by atoms with E-state index in [9.17, 15) is 0 Å². The van der Waals surface area contributed by atoms with Crippen LogP contribution in [0.5, 0.6) is 0 Å². The summed E-state index contributed by atoms with van der Waals surface area (Å²) < 4.78 is 5.89. The number of alkyl halides is 1. The van der Waals surface area contributed by atoms with Crippen LogP contribution in [0.1, 0.15) is 20.3 Å². The molecule has 2 N–H and O–H groups in total. The highest BCUT2D eigenvalue weighted by Gasteiger charge is 2.29. The summed E-state index contributed by atoms with van der Waals surface area (Å²) in [4.78, 5) is 0. The molecule has 1 fully saturated rings. The Labute approximate surface area is 75.6 Å². The molecule has 0 bridgehead atoms. The summed E-state index contributed by atoms with van der Waals surface area (Å²) in [6.45, 7) is 4.24. The molecule has 1 rings (SSSR count). The first kappa shape index (κ1) is 8.74. The Kier molecular flexibility index (Phi) is 2.94. The van der Waals surface area contributed by atoms with Crippen molar-refractivity contribution < 1.29 is 4.74 Å². The lowest BCUT2D eigenvalue weighted by Crippen LogP contribution is -2.44. The van der Waals surface area contributed by atoms with Crippen molar-refractivity contribution in [2.45, 2.75) is 36.5 Å². The smallest absolute Gasteiger partial charge is 0.110 e. The van der Waals surface area contributed by atoms with Gasteiger partial charge in [0.1, 0.15) is 4.11 Å². The maximum Gasteiger partial charge on any atom is 0.110 e. The van der Waals surface area contributed by atoms with Crippen molar-refractivity contribution >= 4 is 22.6 Å². The lowest BCUT2D eigenvalue weighted by atomic mass is 9.93. The normalized spacial score (nSPS) is 49.2. The van der Waals surface area contributed by atoms with Gasteiger partial charge < -0.3 is 10.5 Å². The second-order valence-corrected chi connectivity index (χ2v) is 4.40. The molecule has 0 saturated carbocycles. The quantitative estimate of drug-likeness (QED) is 0.526. The first-order valence-electron chi connectivity index (χ1n) is 3.66. The van der Waals surface area contributed by atoms with Crippen LogP contribution in [0.2, 0.25) is 0 Å². The summed E-state index contributed by atoms with van der Waals surface area (Å²) in [5.41, 5.74) is 5.87. The SMILES string of the molecule is CC1C(N)CC(I)O[C@@H]1C. The molecule has 1 aliphatic rings. The average molecular weight is 255 g/mol. The van der Waals surface area contributed by atoms with Crippen LogP contribution in [-0.4, -0.2) is 16.3 Å². The molecule has 3 unspecified atom stereocenters. The van der Waals surface area contributed by atoms with Gasteiger partial charge in [-0.3, -0.25) is 0 Å². The molecule has 3 heteroatoms. The maximum atomic E-state index is 5.87. The molecule has 4 atom stereocenters. The van der Waals surface area contributed by atoms with Crippen molar-refractivity contribution in [1.82, 2.24) is 0 Å². The molecule has 1 heterocycles. The van der Waals surface area contributed by atoms with Crippen LogP contribution in [0.4, 0.5) is 0 Å². The highest BCUT2D eigenvalue weighted by molar-refractivity contribution is 14.1. The van der Waals surface area contributed by atoms with Gasteiger partial charge in [-0.1, -0.05) is 29.5 Å². The van der Waals surface area contributed by atoms with Crippen LogP contribution >= 0.6 is 22.6 Å². The van der Waals surface area contributed by atoms with Crippen LogP contribution in [-0.2, 0) is 4.74 Å². The molecule has 0 aromatic carbocycles. The summed E-state index contributed by atoms with van der Waals surface area (Å²) in [5.74, 6) is 0.506. The summed E-state index contributed by atoms with van der Waals surface area (Å²) in [5, 5.41) is 0. The predicted molar refractivity (Wildman–Crippen MR) is 50.1 cm³/mol. The fraction of sp³-hybridized carbons (Fsp3) is 1.00. The number of hydrogen-bond acceptors (Lipinski definition) is 2. The Hall–Kier alpha value is 0.650. The number of ether oxygens (including phenoxy) is 1. The van der Waals surface area contributed by atoms with E-state index in [0.717, 1.165) is 6.42 Å². The van der Waals surface area contributed by atoms with Gasteiger partial charge in [-0.25, -0.2) is 0 Å². The van der Waals surface area contributed by atoms with Crippen molar-refractivity contribution in [3.63, 3.8) is 0 Å². The lowest BCUT2D eigenvalue weighted by Gasteiger charge is -2.34. The maximum absolute atomic E-state index is 5.87. The predicted octanol–water partition coefficient (Wildman–Crippen LogP) is 1.52. The molecule has 0 radical (unpaired) electrons. The van der Waals surface area contributed by atoms with Gasteiger partial charge in [0.05, 0.1) is 6.10 Å². The Morgan fingerprint density at radius 2 is 2.10 bits per heavy atom. The largest absolute Gasteiger partial charge is 0.365 e. The number of rotatable bonds is 0. The second kappa shape index (κ2) is 3.36. The zero-order valence-electron chi connectivity index (χ0n) is 6.38. The van der Waals surface area contributed by atoms with E-state index in [1.54, 1.807) is 0 Å². The Morgan fingerprint density at radius 1 is 1.50 bits per heavy atom. The molecule has 10 heavy (non-hydrogen) atoms. The van der Waals surface area contributed by atoms with E-state index < -0.39 is 0 Å². The van der Waals surface area contributed by atoms with Gasteiger partial charge in [0, 0.05) is 6.04 Å². The van der Waals surface area contributed by atoms with Crippen molar-refractivity contribution in [1.29, 1.82) is 0 Å². The van der Waals surface area contributed by atoms with E-state index in [1.807, 2.05) is 0 Å². The molecule has 0 amide bonds. The van der Waals surface area contributed by atoms with Crippen LogP contribution < -0.4 is 5.73 Å². The van der Waals surface area contributed by atoms with Crippen LogP contribution in [0.25, 0.3) is 0 Å². The van der Waals surface area contributed by atoms with Gasteiger partial charge in [0.25, 0.3) is 0 Å². The highest BCUT2D eigenvalue weighted by Crippen LogP contribution is 2.26. The van der Waals surface area contributed by atoms with Crippen molar-refractivity contribution in [2.24, 2.45) is 11.7 Å². The first-order valence-corrected chi connectivity index (χ1v) is 4.91. The lowest BCUT2D eigenvalue weighted by molar-refractivity contribution is -0.0282. The van der Waals surface area contributed by atoms with E-state index in [1.165, 1.54) is 0 Å². The zero-order valence-corrected chi connectivity index (χ0v) is 8.54. The molecule has 0 aliphatic carbocycles. The number of halogens is 1. The molecule has 0 aromatic heterocycles. The van der Waals surface area contributed by atoms with Gasteiger partial charge in [-0.2, -0.15) is 0 Å². The Balaban J connectivity index is 2.49. The second-order valence-electron chi connectivity index (χ2n) is 3.01. The van der Waals surface area contributed by atoms with Crippen LogP contribution in [0.3, 0.4) is 0 Å². The molecular formula is C7H14INO. The third-order valence-electron chi connectivity index (χ3n) is 2.24. The number of hydrogen-bond donors (Lipinski definition) is 1. The van der Waals surface area contributed by atoms with Gasteiger partial charge >= 0.3 is 0 Å². The van der Waals surface area contributed by atoms with Gasteiger partial charge in [0.15, 0.2) is 0 Å². The zero-order chi connectivity index (χ0) is 7.72. The molecule has 0 spiro atoms. The molecule has 60 valence electrons. The molecule has 0 aromatic rings. The molecule has 2 nitrogen and oxygen atoms in total. The van der Waals surface area contributed by atoms with E-state index in [4.69, 9.17) is 10.5 Å². The third kappa shape index (κ3) is 1.83. The summed E-state index contributed by atoms with van der Waals surface area (Å²) >= 11 is 2.29. The minimum absolute atomic E-state index is 0.318. The topological polar surface area (TPSA) is 35.2 Å². The van der Waals surface area contributed by atoms with Crippen molar-refractivity contribution in [3.8, 4) is 0 Å². The van der Waals surface area contributed by atoms with E-state index in [-0.39, 0.29) is 0 Å². The first-order chi connectivity index (χ1) is 4.61. The van der Waals surface area contributed by atoms with Crippen LogP contribution in [0, 0.1) is 5.92 Å². The van der Waals surface area contributed by atoms with Crippen molar-refractivity contribution in [3.05, 3.63) is 0 Å². The van der Waals surface area contributed by atoms with Gasteiger partial charge in [-0.05, 0) is 19.3 Å². The van der Waals surface area contributed by atoms with Crippen LogP contribution in [0.15, 0.2) is 0 Å². The van der Waals surface area contributed by atoms with Gasteiger partial charge in [0.2, 0.25) is 0 Å². The summed E-state index contributed by atoms with van der Waals surface area (Å²) in [6.07, 6.45) is 1.32. The van der Waals surface area contributed by atoms with Gasteiger partial charge in [-0.15, -0.1) is 0 Å². The standard InChI is InChI=1S/C7H14INO/c1-4-5(2)10-7(8)3-6(4)9/h4-7H,3,9H2,1-2H3/t4?,5-,6?,7?/m1/s1. The fourth-order valence-electron chi connectivity index (χ4n) is 1.19. The Morgan fingerprint density at radius 3 is 2.60 bits per heavy atom.